The van der Waals surface area contributed by atoms with E-state index in [1.807, 2.05) is 32.0 Å². The van der Waals surface area contributed by atoms with Gasteiger partial charge in [0.25, 0.3) is 5.91 Å². The Morgan fingerprint density at radius 1 is 1.04 bits per heavy atom. The molecule has 2 aromatic rings. The van der Waals surface area contributed by atoms with E-state index in [0.717, 1.165) is 17.4 Å². The lowest BCUT2D eigenvalue weighted by atomic mass is 10.1. The Morgan fingerprint density at radius 2 is 1.75 bits per heavy atom. The Kier molecular flexibility index (Phi) is 5.46. The first-order chi connectivity index (χ1) is 11.2. The molecule has 0 radical (unpaired) electrons. The second kappa shape index (κ2) is 7.35. The van der Waals surface area contributed by atoms with Crippen molar-refractivity contribution in [3.63, 3.8) is 0 Å². The molecule has 6 nitrogen and oxygen atoms in total. The second-order valence-corrected chi connectivity index (χ2v) is 7.29. The molecule has 2 N–H and O–H groups in total. The van der Waals surface area contributed by atoms with Crippen LogP contribution in [0.3, 0.4) is 0 Å². The van der Waals surface area contributed by atoms with E-state index in [1.54, 1.807) is 18.2 Å². The largest absolute Gasteiger partial charge is 0.484 e. The normalized spacial score (nSPS) is 11.0. The molecule has 0 unspecified atom stereocenters. The van der Waals surface area contributed by atoms with Gasteiger partial charge in [-0.3, -0.25) is 9.52 Å². The first kappa shape index (κ1) is 17.8. The smallest absolute Gasteiger partial charge is 0.262 e. The van der Waals surface area contributed by atoms with Crippen LogP contribution in [0.2, 0.25) is 0 Å². The van der Waals surface area contributed by atoms with Crippen LogP contribution >= 0.6 is 0 Å². The molecule has 0 aliphatic rings. The number of carbonyl (C=O) groups excluding carboxylic acids is 1. The highest BCUT2D eigenvalue weighted by molar-refractivity contribution is 7.92. The predicted octanol–water partition coefficient (Wildman–Crippen LogP) is 2.69. The van der Waals surface area contributed by atoms with Crippen molar-refractivity contribution >= 4 is 27.3 Å². The number of hydrogen-bond acceptors (Lipinski definition) is 4. The van der Waals surface area contributed by atoms with Gasteiger partial charge in [-0.25, -0.2) is 8.42 Å². The highest BCUT2D eigenvalue weighted by Crippen LogP contribution is 2.18. The summed E-state index contributed by atoms with van der Waals surface area (Å²) in [7, 11) is -3.36. The number of benzene rings is 2. The lowest BCUT2D eigenvalue weighted by molar-refractivity contribution is -0.118. The van der Waals surface area contributed by atoms with E-state index in [9.17, 15) is 13.2 Å². The summed E-state index contributed by atoms with van der Waals surface area (Å²) in [5, 5.41) is 2.67. The number of carbonyl (C=O) groups is 1. The molecule has 7 heteroatoms. The van der Waals surface area contributed by atoms with Gasteiger partial charge in [-0.1, -0.05) is 12.1 Å². The Balaban J connectivity index is 1.94. The van der Waals surface area contributed by atoms with Gasteiger partial charge >= 0.3 is 0 Å². The first-order valence-corrected chi connectivity index (χ1v) is 9.20. The summed E-state index contributed by atoms with van der Waals surface area (Å²) in [6.07, 6.45) is 1.07. The van der Waals surface area contributed by atoms with Gasteiger partial charge in [-0.2, -0.15) is 0 Å². The maximum absolute atomic E-state index is 12.0. The molecule has 0 heterocycles. The van der Waals surface area contributed by atoms with Gasteiger partial charge in [0.15, 0.2) is 6.61 Å². The average Bonchev–Trinajstić information content (AvgIpc) is 2.47. The van der Waals surface area contributed by atoms with Crippen molar-refractivity contribution in [2.45, 2.75) is 13.8 Å². The first-order valence-electron chi connectivity index (χ1n) is 7.31. The van der Waals surface area contributed by atoms with E-state index < -0.39 is 10.0 Å². The minimum atomic E-state index is -3.36. The van der Waals surface area contributed by atoms with Crippen molar-refractivity contribution in [2.24, 2.45) is 0 Å². The van der Waals surface area contributed by atoms with E-state index in [4.69, 9.17) is 4.74 Å². The van der Waals surface area contributed by atoms with Crippen LogP contribution in [-0.4, -0.2) is 27.2 Å². The van der Waals surface area contributed by atoms with Crippen molar-refractivity contribution in [2.75, 3.05) is 22.9 Å². The highest BCUT2D eigenvalue weighted by Gasteiger charge is 2.07. The zero-order chi connectivity index (χ0) is 17.7. The van der Waals surface area contributed by atoms with E-state index in [0.29, 0.717) is 17.1 Å². The SMILES string of the molecule is Cc1ccc(OCC(=O)Nc2cccc(NS(C)(=O)=O)c2)cc1C. The van der Waals surface area contributed by atoms with E-state index >= 15 is 0 Å². The minimum absolute atomic E-state index is 0.133. The van der Waals surface area contributed by atoms with Crippen LogP contribution in [0, 0.1) is 13.8 Å². The number of ether oxygens (including phenoxy) is 1. The van der Waals surface area contributed by atoms with E-state index in [2.05, 4.69) is 10.0 Å². The van der Waals surface area contributed by atoms with Crippen molar-refractivity contribution in [3.05, 3.63) is 53.6 Å². The Morgan fingerprint density at radius 3 is 2.42 bits per heavy atom. The van der Waals surface area contributed by atoms with Crippen LogP contribution in [0.1, 0.15) is 11.1 Å². The molecule has 0 saturated carbocycles. The standard InChI is InChI=1S/C17H20N2O4S/c1-12-7-8-16(9-13(12)2)23-11-17(20)18-14-5-4-6-15(10-14)19-24(3,21)22/h4-10,19H,11H2,1-3H3,(H,18,20). The molecule has 128 valence electrons. The molecule has 0 fully saturated rings. The molecule has 0 bridgehead atoms. The van der Waals surface area contributed by atoms with Gasteiger partial charge in [0.05, 0.1) is 11.9 Å². The summed E-state index contributed by atoms with van der Waals surface area (Å²) in [6, 6.07) is 12.1. The van der Waals surface area contributed by atoms with Crippen molar-refractivity contribution in [1.82, 2.24) is 0 Å². The van der Waals surface area contributed by atoms with Crippen LogP contribution < -0.4 is 14.8 Å². The zero-order valence-corrected chi connectivity index (χ0v) is 14.6. The van der Waals surface area contributed by atoms with Crippen molar-refractivity contribution < 1.29 is 17.9 Å². The molecule has 2 aromatic carbocycles. The third-order valence-electron chi connectivity index (χ3n) is 3.30. The van der Waals surface area contributed by atoms with Gasteiger partial charge < -0.3 is 10.1 Å². The monoisotopic (exact) mass is 348 g/mol. The number of hydrogen-bond donors (Lipinski definition) is 2. The topological polar surface area (TPSA) is 84.5 Å². The summed E-state index contributed by atoms with van der Waals surface area (Å²) in [5.41, 5.74) is 3.11. The van der Waals surface area contributed by atoms with E-state index in [-0.39, 0.29) is 12.5 Å². The molecule has 24 heavy (non-hydrogen) atoms. The quantitative estimate of drug-likeness (QED) is 0.840. The summed E-state index contributed by atoms with van der Waals surface area (Å²) in [6.45, 7) is 3.85. The molecule has 0 saturated heterocycles. The van der Waals surface area contributed by atoms with Crippen molar-refractivity contribution in [3.8, 4) is 5.75 Å². The maximum atomic E-state index is 12.0. The summed E-state index contributed by atoms with van der Waals surface area (Å²) in [5.74, 6) is 0.297. The summed E-state index contributed by atoms with van der Waals surface area (Å²) >= 11 is 0. The van der Waals surface area contributed by atoms with Gasteiger partial charge in [0.1, 0.15) is 5.75 Å². The average molecular weight is 348 g/mol. The molecule has 0 aliphatic heterocycles. The van der Waals surface area contributed by atoms with Crippen LogP contribution in [-0.2, 0) is 14.8 Å². The van der Waals surface area contributed by atoms with Gasteiger partial charge in [-0.05, 0) is 55.3 Å². The van der Waals surface area contributed by atoms with Crippen LogP contribution in [0.5, 0.6) is 5.75 Å². The lowest BCUT2D eigenvalue weighted by Gasteiger charge is -2.10. The van der Waals surface area contributed by atoms with Crippen LogP contribution in [0.4, 0.5) is 11.4 Å². The number of nitrogens with one attached hydrogen (secondary N) is 2. The number of rotatable bonds is 6. The number of amides is 1. The van der Waals surface area contributed by atoms with Crippen LogP contribution in [0.25, 0.3) is 0 Å². The molecule has 0 aliphatic carbocycles. The zero-order valence-electron chi connectivity index (χ0n) is 13.8. The lowest BCUT2D eigenvalue weighted by Crippen LogP contribution is -2.20. The Labute approximate surface area is 141 Å². The molecule has 0 aromatic heterocycles. The molecule has 1 amide bonds. The maximum Gasteiger partial charge on any atom is 0.262 e. The van der Waals surface area contributed by atoms with Crippen LogP contribution in [0.15, 0.2) is 42.5 Å². The summed E-state index contributed by atoms with van der Waals surface area (Å²) < 4.78 is 30.3. The van der Waals surface area contributed by atoms with E-state index in [1.165, 1.54) is 6.07 Å². The minimum Gasteiger partial charge on any atom is -0.484 e. The second-order valence-electron chi connectivity index (χ2n) is 5.54. The number of sulfonamides is 1. The fraction of sp³-hybridized carbons (Fsp3) is 0.235. The van der Waals surface area contributed by atoms with Gasteiger partial charge in [-0.15, -0.1) is 0 Å². The Bertz CT molecular complexity index is 847. The van der Waals surface area contributed by atoms with Crippen molar-refractivity contribution in [1.29, 1.82) is 0 Å². The number of aryl methyl sites for hydroxylation is 2. The molecular weight excluding hydrogens is 328 g/mol. The predicted molar refractivity (Wildman–Crippen MR) is 94.9 cm³/mol. The highest BCUT2D eigenvalue weighted by atomic mass is 32.2. The van der Waals surface area contributed by atoms with Gasteiger partial charge in [0, 0.05) is 5.69 Å². The summed E-state index contributed by atoms with van der Waals surface area (Å²) in [4.78, 5) is 12.0. The molecular formula is C17H20N2O4S. The van der Waals surface area contributed by atoms with Gasteiger partial charge in [0.2, 0.25) is 10.0 Å². The fourth-order valence-corrected chi connectivity index (χ4v) is 2.58. The number of anilines is 2. The third kappa shape index (κ3) is 5.58. The third-order valence-corrected chi connectivity index (χ3v) is 3.90. The Hall–Kier alpha value is -2.54. The molecule has 0 spiro atoms. The fourth-order valence-electron chi connectivity index (χ4n) is 2.02. The molecule has 2 rings (SSSR count). The molecule has 0 atom stereocenters.